The Kier molecular flexibility index (Phi) is 4.04. The van der Waals surface area contributed by atoms with Crippen molar-refractivity contribution in [2.75, 3.05) is 11.9 Å². The average molecular weight is 222 g/mol. The third kappa shape index (κ3) is 2.81. The number of carbonyl (C=O) groups excluding carboxylic acids is 1. The van der Waals surface area contributed by atoms with E-state index >= 15 is 0 Å². The second-order valence-corrected chi connectivity index (χ2v) is 4.05. The van der Waals surface area contributed by atoms with Gasteiger partial charge in [-0.05, 0) is 31.9 Å². The zero-order chi connectivity index (χ0) is 12.3. The van der Waals surface area contributed by atoms with Crippen LogP contribution in [0.25, 0.3) is 0 Å². The van der Waals surface area contributed by atoms with Crippen LogP contribution in [0.4, 0.5) is 5.69 Å². The molecule has 4 heteroatoms. The lowest BCUT2D eigenvalue weighted by molar-refractivity contribution is -0.118. The van der Waals surface area contributed by atoms with E-state index in [0.29, 0.717) is 0 Å². The summed E-state index contributed by atoms with van der Waals surface area (Å²) in [5.41, 5.74) is 9.35. The van der Waals surface area contributed by atoms with E-state index in [0.717, 1.165) is 22.4 Å². The minimum atomic E-state index is -0.875. The number of aliphatic hydroxyl groups excluding tert-OH is 1. The van der Waals surface area contributed by atoms with Crippen molar-refractivity contribution in [2.24, 2.45) is 5.73 Å². The highest BCUT2D eigenvalue weighted by Gasteiger charge is 2.14. The maximum Gasteiger partial charge on any atom is 0.243 e. The summed E-state index contributed by atoms with van der Waals surface area (Å²) in [6.45, 7) is 5.51. The van der Waals surface area contributed by atoms with Crippen LogP contribution in [0.2, 0.25) is 0 Å². The van der Waals surface area contributed by atoms with E-state index < -0.39 is 6.04 Å². The van der Waals surface area contributed by atoms with Gasteiger partial charge in [0, 0.05) is 5.69 Å². The predicted molar refractivity (Wildman–Crippen MR) is 64.3 cm³/mol. The maximum absolute atomic E-state index is 11.5. The van der Waals surface area contributed by atoms with Crippen LogP contribution < -0.4 is 11.1 Å². The van der Waals surface area contributed by atoms with E-state index in [1.165, 1.54) is 0 Å². The third-order valence-corrected chi connectivity index (χ3v) is 2.46. The monoisotopic (exact) mass is 222 g/mol. The van der Waals surface area contributed by atoms with Gasteiger partial charge in [0.25, 0.3) is 0 Å². The van der Waals surface area contributed by atoms with Crippen molar-refractivity contribution in [3.63, 3.8) is 0 Å². The van der Waals surface area contributed by atoms with Crippen LogP contribution in [0.3, 0.4) is 0 Å². The fourth-order valence-corrected chi connectivity index (χ4v) is 1.68. The van der Waals surface area contributed by atoms with Crippen LogP contribution in [0.1, 0.15) is 16.7 Å². The van der Waals surface area contributed by atoms with Crippen molar-refractivity contribution in [2.45, 2.75) is 26.8 Å². The smallest absolute Gasteiger partial charge is 0.243 e. The molecule has 0 fully saturated rings. The predicted octanol–water partition coefficient (Wildman–Crippen LogP) is 0.870. The van der Waals surface area contributed by atoms with Gasteiger partial charge in [0.05, 0.1) is 6.61 Å². The molecule has 0 aliphatic rings. The van der Waals surface area contributed by atoms with Crippen molar-refractivity contribution in [1.29, 1.82) is 0 Å². The number of amides is 1. The number of anilines is 1. The number of hydrogen-bond acceptors (Lipinski definition) is 3. The minimum Gasteiger partial charge on any atom is -0.394 e. The minimum absolute atomic E-state index is 0.351. The molecule has 1 aromatic rings. The molecule has 88 valence electrons. The summed E-state index contributed by atoms with van der Waals surface area (Å²) in [5.74, 6) is -0.363. The van der Waals surface area contributed by atoms with Crippen LogP contribution in [-0.4, -0.2) is 23.7 Å². The Morgan fingerprint density at radius 2 is 1.88 bits per heavy atom. The largest absolute Gasteiger partial charge is 0.394 e. The molecular weight excluding hydrogens is 204 g/mol. The van der Waals surface area contributed by atoms with Gasteiger partial charge in [-0.2, -0.15) is 0 Å². The first-order chi connectivity index (χ1) is 7.45. The molecule has 0 spiro atoms. The molecule has 1 aromatic carbocycles. The van der Waals surface area contributed by atoms with Gasteiger partial charge in [0.15, 0.2) is 0 Å². The van der Waals surface area contributed by atoms with Gasteiger partial charge in [0.1, 0.15) is 6.04 Å². The lowest BCUT2D eigenvalue weighted by Gasteiger charge is -2.15. The van der Waals surface area contributed by atoms with Gasteiger partial charge in [-0.15, -0.1) is 0 Å². The first-order valence-corrected chi connectivity index (χ1v) is 5.21. The summed E-state index contributed by atoms with van der Waals surface area (Å²) < 4.78 is 0. The van der Waals surface area contributed by atoms with Crippen molar-refractivity contribution in [3.8, 4) is 0 Å². The Morgan fingerprint density at radius 3 is 2.31 bits per heavy atom. The zero-order valence-corrected chi connectivity index (χ0v) is 9.87. The van der Waals surface area contributed by atoms with Gasteiger partial charge >= 0.3 is 0 Å². The second kappa shape index (κ2) is 5.09. The second-order valence-electron chi connectivity index (χ2n) is 4.05. The number of nitrogens with two attached hydrogens (primary N) is 1. The van der Waals surface area contributed by atoms with Crippen molar-refractivity contribution in [1.82, 2.24) is 0 Å². The summed E-state index contributed by atoms with van der Waals surface area (Å²) in [7, 11) is 0. The molecular formula is C12H18N2O2. The highest BCUT2D eigenvalue weighted by Crippen LogP contribution is 2.21. The molecule has 1 atom stereocenters. The quantitative estimate of drug-likeness (QED) is 0.710. The number of benzene rings is 1. The Bertz CT molecular complexity index is 379. The van der Waals surface area contributed by atoms with Crippen LogP contribution in [0.15, 0.2) is 12.1 Å². The van der Waals surface area contributed by atoms with Crippen LogP contribution in [0, 0.1) is 20.8 Å². The van der Waals surface area contributed by atoms with Crippen LogP contribution >= 0.6 is 0 Å². The summed E-state index contributed by atoms with van der Waals surface area (Å²) >= 11 is 0. The normalized spacial score (nSPS) is 12.3. The molecule has 4 N–H and O–H groups in total. The van der Waals surface area contributed by atoms with Gasteiger partial charge in [-0.25, -0.2) is 0 Å². The molecule has 0 aromatic heterocycles. The number of aliphatic hydroxyl groups is 1. The zero-order valence-electron chi connectivity index (χ0n) is 9.87. The number of rotatable bonds is 3. The Morgan fingerprint density at radius 1 is 1.38 bits per heavy atom. The van der Waals surface area contributed by atoms with Gasteiger partial charge in [0.2, 0.25) is 5.91 Å². The van der Waals surface area contributed by atoms with Gasteiger partial charge in [-0.1, -0.05) is 17.7 Å². The molecule has 0 radical (unpaired) electrons. The molecule has 0 heterocycles. The highest BCUT2D eigenvalue weighted by molar-refractivity contribution is 5.96. The molecule has 0 saturated carbocycles. The molecule has 1 amide bonds. The fourth-order valence-electron chi connectivity index (χ4n) is 1.68. The maximum atomic E-state index is 11.5. The molecule has 0 bridgehead atoms. The SMILES string of the molecule is Cc1cc(C)c(NC(=O)C(N)CO)c(C)c1. The third-order valence-electron chi connectivity index (χ3n) is 2.46. The van der Waals surface area contributed by atoms with Gasteiger partial charge in [-0.3, -0.25) is 4.79 Å². The van der Waals surface area contributed by atoms with Crippen molar-refractivity contribution >= 4 is 11.6 Å². The highest BCUT2D eigenvalue weighted by atomic mass is 16.3. The molecule has 0 saturated heterocycles. The van der Waals surface area contributed by atoms with E-state index in [2.05, 4.69) is 5.32 Å². The van der Waals surface area contributed by atoms with E-state index in [9.17, 15) is 4.79 Å². The van der Waals surface area contributed by atoms with E-state index in [1.807, 2.05) is 32.9 Å². The van der Waals surface area contributed by atoms with Gasteiger partial charge < -0.3 is 16.2 Å². The molecule has 1 unspecified atom stereocenters. The summed E-state index contributed by atoms with van der Waals surface area (Å²) in [4.78, 5) is 11.5. The lowest BCUT2D eigenvalue weighted by Crippen LogP contribution is -2.38. The van der Waals surface area contributed by atoms with Crippen molar-refractivity contribution in [3.05, 3.63) is 28.8 Å². The molecule has 4 nitrogen and oxygen atoms in total. The number of nitrogens with one attached hydrogen (secondary N) is 1. The Labute approximate surface area is 95.5 Å². The first-order valence-electron chi connectivity index (χ1n) is 5.21. The Hall–Kier alpha value is -1.39. The topological polar surface area (TPSA) is 75.4 Å². The standard InChI is InChI=1S/C12H18N2O2/c1-7-4-8(2)11(9(3)5-7)14-12(16)10(13)6-15/h4-5,10,15H,6,13H2,1-3H3,(H,14,16). The molecule has 16 heavy (non-hydrogen) atoms. The summed E-state index contributed by atoms with van der Waals surface area (Å²) in [5, 5.41) is 11.5. The fraction of sp³-hybridized carbons (Fsp3) is 0.417. The first kappa shape index (κ1) is 12.7. The van der Waals surface area contributed by atoms with Crippen LogP contribution in [-0.2, 0) is 4.79 Å². The lowest BCUT2D eigenvalue weighted by atomic mass is 10.0. The Balaban J connectivity index is 2.93. The van der Waals surface area contributed by atoms with E-state index in [-0.39, 0.29) is 12.5 Å². The number of carbonyl (C=O) groups is 1. The molecule has 1 rings (SSSR count). The molecule has 0 aliphatic heterocycles. The molecule has 0 aliphatic carbocycles. The average Bonchev–Trinajstić information content (AvgIpc) is 2.21. The number of aryl methyl sites for hydroxylation is 3. The summed E-state index contributed by atoms with van der Waals surface area (Å²) in [6.07, 6.45) is 0. The van der Waals surface area contributed by atoms with Crippen LogP contribution in [0.5, 0.6) is 0 Å². The summed E-state index contributed by atoms with van der Waals surface area (Å²) in [6, 6.07) is 3.11. The van der Waals surface area contributed by atoms with Crippen molar-refractivity contribution < 1.29 is 9.90 Å². The van der Waals surface area contributed by atoms with E-state index in [4.69, 9.17) is 10.8 Å². The number of hydrogen-bond donors (Lipinski definition) is 3. The van der Waals surface area contributed by atoms with E-state index in [1.54, 1.807) is 0 Å².